The minimum absolute atomic E-state index is 0.205. The number of sulfonamides is 1. The van der Waals surface area contributed by atoms with E-state index in [1.165, 1.54) is 12.1 Å². The molecule has 1 aliphatic heterocycles. The largest absolute Gasteiger partial charge is 0.276 e. The van der Waals surface area contributed by atoms with Gasteiger partial charge in [-0.15, -0.1) is 11.8 Å². The van der Waals surface area contributed by atoms with Crippen LogP contribution < -0.4 is 4.83 Å². The van der Waals surface area contributed by atoms with Crippen LogP contribution in [0.2, 0.25) is 0 Å². The lowest BCUT2D eigenvalue weighted by Crippen LogP contribution is -2.23. The Labute approximate surface area is 145 Å². The molecule has 1 aliphatic rings. The summed E-state index contributed by atoms with van der Waals surface area (Å²) in [5.41, 5.74) is 2.71. The van der Waals surface area contributed by atoms with E-state index < -0.39 is 10.0 Å². The first kappa shape index (κ1) is 17.0. The van der Waals surface area contributed by atoms with Crippen LogP contribution in [0, 0.1) is 19.7 Å². The molecule has 0 aromatic heterocycles. The van der Waals surface area contributed by atoms with Crippen LogP contribution in [-0.4, -0.2) is 19.9 Å². The number of aryl methyl sites for hydroxylation is 2. The molecule has 1 heterocycles. The summed E-state index contributed by atoms with van der Waals surface area (Å²) in [7, 11) is -3.76. The van der Waals surface area contributed by atoms with Crippen molar-refractivity contribution in [2.24, 2.45) is 5.10 Å². The smallest absolute Gasteiger partial charge is 0.207 e. The number of rotatable bonds is 3. The predicted molar refractivity (Wildman–Crippen MR) is 94.5 cm³/mol. The highest BCUT2D eigenvalue weighted by Gasteiger charge is 2.20. The van der Waals surface area contributed by atoms with E-state index in [1.807, 2.05) is 13.0 Å². The molecule has 0 saturated carbocycles. The summed E-state index contributed by atoms with van der Waals surface area (Å²) in [6.45, 7) is 3.57. The molecule has 7 heteroatoms. The zero-order valence-corrected chi connectivity index (χ0v) is 15.0. The molecule has 0 aliphatic carbocycles. The molecule has 1 N–H and O–H groups in total. The molecule has 0 fully saturated rings. The second-order valence-corrected chi connectivity index (χ2v) is 8.43. The summed E-state index contributed by atoms with van der Waals surface area (Å²) >= 11 is 1.61. The Bertz CT molecular complexity index is 924. The first-order valence-electron chi connectivity index (χ1n) is 7.45. The number of nitrogens with one attached hydrogen (secondary N) is 1. The molecule has 0 saturated heterocycles. The Hall–Kier alpha value is -1.86. The number of hydrazone groups is 1. The van der Waals surface area contributed by atoms with Gasteiger partial charge in [0.1, 0.15) is 5.82 Å². The summed E-state index contributed by atoms with van der Waals surface area (Å²) in [6, 6.07) is 9.73. The van der Waals surface area contributed by atoms with Crippen molar-refractivity contribution in [3.8, 4) is 0 Å². The topological polar surface area (TPSA) is 58.5 Å². The van der Waals surface area contributed by atoms with Crippen molar-refractivity contribution < 1.29 is 12.8 Å². The van der Waals surface area contributed by atoms with Crippen molar-refractivity contribution in [1.82, 2.24) is 4.83 Å². The molecule has 2 aromatic rings. The minimum atomic E-state index is -3.76. The summed E-state index contributed by atoms with van der Waals surface area (Å²) in [4.78, 5) is 3.42. The Balaban J connectivity index is 1.94. The van der Waals surface area contributed by atoms with E-state index >= 15 is 0 Å². The number of halogens is 1. The van der Waals surface area contributed by atoms with Crippen molar-refractivity contribution in [3.05, 3.63) is 58.9 Å². The SMILES string of the molecule is Cc1ccc(C)c(S(=O)(=O)NN=C2CCSc3ccc(F)cc32)c1. The normalized spacial score (nSPS) is 16.0. The van der Waals surface area contributed by atoms with Gasteiger partial charge in [0.25, 0.3) is 10.0 Å². The number of nitrogens with zero attached hydrogens (tertiary/aromatic N) is 1. The molecule has 0 spiro atoms. The Morgan fingerprint density at radius 3 is 2.75 bits per heavy atom. The molecule has 126 valence electrons. The summed E-state index contributed by atoms with van der Waals surface area (Å²) < 4.78 is 38.6. The zero-order chi connectivity index (χ0) is 17.3. The van der Waals surface area contributed by atoms with E-state index in [9.17, 15) is 12.8 Å². The van der Waals surface area contributed by atoms with Crippen molar-refractivity contribution in [1.29, 1.82) is 0 Å². The summed E-state index contributed by atoms with van der Waals surface area (Å²) in [6.07, 6.45) is 0.580. The van der Waals surface area contributed by atoms with Gasteiger partial charge < -0.3 is 0 Å². The van der Waals surface area contributed by atoms with Crippen LogP contribution in [0.5, 0.6) is 0 Å². The van der Waals surface area contributed by atoms with Gasteiger partial charge in [-0.05, 0) is 49.2 Å². The van der Waals surface area contributed by atoms with Crippen LogP contribution in [0.4, 0.5) is 4.39 Å². The molecule has 3 rings (SSSR count). The van der Waals surface area contributed by atoms with Crippen LogP contribution in [0.25, 0.3) is 0 Å². The molecule has 24 heavy (non-hydrogen) atoms. The minimum Gasteiger partial charge on any atom is -0.207 e. The molecule has 0 radical (unpaired) electrons. The van der Waals surface area contributed by atoms with Gasteiger partial charge in [0, 0.05) is 22.6 Å². The lowest BCUT2D eigenvalue weighted by molar-refractivity contribution is 0.583. The lowest BCUT2D eigenvalue weighted by atomic mass is 10.1. The quantitative estimate of drug-likeness (QED) is 0.846. The fraction of sp³-hybridized carbons (Fsp3) is 0.235. The molecule has 2 aromatic carbocycles. The van der Waals surface area contributed by atoms with Gasteiger partial charge in [-0.1, -0.05) is 12.1 Å². The van der Waals surface area contributed by atoms with Gasteiger partial charge in [0.05, 0.1) is 10.6 Å². The highest BCUT2D eigenvalue weighted by Crippen LogP contribution is 2.30. The average Bonchev–Trinajstić information content (AvgIpc) is 2.55. The number of fused-ring (bicyclic) bond motifs is 1. The molecular weight excluding hydrogens is 347 g/mol. The molecule has 0 unspecified atom stereocenters. The maximum Gasteiger partial charge on any atom is 0.276 e. The monoisotopic (exact) mass is 364 g/mol. The van der Waals surface area contributed by atoms with E-state index in [0.717, 1.165) is 16.2 Å². The van der Waals surface area contributed by atoms with Gasteiger partial charge in [-0.3, -0.25) is 0 Å². The molecular formula is C17H17FN2O2S2. The van der Waals surface area contributed by atoms with Crippen LogP contribution in [-0.2, 0) is 10.0 Å². The Morgan fingerprint density at radius 2 is 1.96 bits per heavy atom. The fourth-order valence-electron chi connectivity index (χ4n) is 2.52. The van der Waals surface area contributed by atoms with Crippen LogP contribution >= 0.6 is 11.8 Å². The van der Waals surface area contributed by atoms with Crippen LogP contribution in [0.1, 0.15) is 23.1 Å². The van der Waals surface area contributed by atoms with E-state index in [0.29, 0.717) is 23.3 Å². The van der Waals surface area contributed by atoms with Crippen molar-refractivity contribution in [2.45, 2.75) is 30.1 Å². The first-order chi connectivity index (χ1) is 11.4. The lowest BCUT2D eigenvalue weighted by Gasteiger charge is -2.17. The van der Waals surface area contributed by atoms with Crippen LogP contribution in [0.15, 0.2) is 51.3 Å². The molecule has 0 bridgehead atoms. The van der Waals surface area contributed by atoms with E-state index in [4.69, 9.17) is 0 Å². The average molecular weight is 364 g/mol. The van der Waals surface area contributed by atoms with E-state index in [1.54, 1.807) is 36.9 Å². The van der Waals surface area contributed by atoms with Gasteiger partial charge in [0.2, 0.25) is 0 Å². The van der Waals surface area contributed by atoms with Gasteiger partial charge in [-0.25, -0.2) is 4.39 Å². The van der Waals surface area contributed by atoms with Gasteiger partial charge >= 0.3 is 0 Å². The third kappa shape index (κ3) is 3.47. The van der Waals surface area contributed by atoms with E-state index in [-0.39, 0.29) is 10.7 Å². The van der Waals surface area contributed by atoms with E-state index in [2.05, 4.69) is 9.93 Å². The molecule has 0 amide bonds. The number of thioether (sulfide) groups is 1. The number of hydrogen-bond acceptors (Lipinski definition) is 4. The summed E-state index contributed by atoms with van der Waals surface area (Å²) in [5.74, 6) is 0.421. The Morgan fingerprint density at radius 1 is 1.17 bits per heavy atom. The van der Waals surface area contributed by atoms with Gasteiger partial charge in [-0.2, -0.15) is 18.4 Å². The third-order valence-corrected chi connectivity index (χ3v) is 6.21. The highest BCUT2D eigenvalue weighted by atomic mass is 32.2. The number of hydrogen-bond donors (Lipinski definition) is 1. The second-order valence-electron chi connectivity index (χ2n) is 5.66. The summed E-state index contributed by atoms with van der Waals surface area (Å²) in [5, 5.41) is 4.08. The first-order valence-corrected chi connectivity index (χ1v) is 9.92. The Kier molecular flexibility index (Phi) is 4.64. The van der Waals surface area contributed by atoms with Crippen molar-refractivity contribution in [2.75, 3.05) is 5.75 Å². The third-order valence-electron chi connectivity index (χ3n) is 3.78. The standard InChI is InChI=1S/C17H17FN2O2S2/c1-11-3-4-12(2)17(9-11)24(21,22)20-19-15-7-8-23-16-6-5-13(18)10-14(15)16/h3-6,9-10,20H,7-8H2,1-2H3. The highest BCUT2D eigenvalue weighted by molar-refractivity contribution is 7.99. The van der Waals surface area contributed by atoms with Crippen molar-refractivity contribution >= 4 is 27.5 Å². The maximum atomic E-state index is 13.5. The fourth-order valence-corrected chi connectivity index (χ4v) is 4.70. The predicted octanol–water partition coefficient (Wildman–Crippen LogP) is 3.62. The van der Waals surface area contributed by atoms with Crippen molar-refractivity contribution in [3.63, 3.8) is 0 Å². The molecule has 0 atom stereocenters. The van der Waals surface area contributed by atoms with Gasteiger partial charge in [0.15, 0.2) is 0 Å². The zero-order valence-electron chi connectivity index (χ0n) is 13.3. The molecule has 4 nitrogen and oxygen atoms in total. The second kappa shape index (κ2) is 6.57. The van der Waals surface area contributed by atoms with Crippen LogP contribution in [0.3, 0.4) is 0 Å². The number of benzene rings is 2. The maximum absolute atomic E-state index is 13.5.